The third-order valence-electron chi connectivity index (χ3n) is 4.78. The second kappa shape index (κ2) is 5.90. The highest BCUT2D eigenvalue weighted by molar-refractivity contribution is 5.85. The van der Waals surface area contributed by atoms with E-state index in [1.165, 1.54) is 58.4 Å². The maximum Gasteiger partial charge on any atom is 0.00482 e. The molecule has 2 rings (SSSR count). The van der Waals surface area contributed by atoms with Crippen LogP contribution in [0.1, 0.15) is 46.5 Å². The normalized spacial score (nSPS) is 39.0. The molecule has 2 unspecified atom stereocenters. The molecular weight excluding hydrogens is 232 g/mol. The minimum Gasteiger partial charge on any atom is -0.316 e. The highest BCUT2D eigenvalue weighted by Gasteiger charge is 2.35. The standard InChI is InChI=1S/C14H28N2.ClH/c1-4-13(2)6-5-9-16(11-13)12-14(3)7-8-15-10-14;/h15H,4-12H2,1-3H3;1H. The van der Waals surface area contributed by atoms with Crippen molar-refractivity contribution in [3.8, 4) is 0 Å². The Kier molecular flexibility index (Phi) is 5.30. The minimum atomic E-state index is 0. The topological polar surface area (TPSA) is 15.3 Å². The van der Waals surface area contributed by atoms with Gasteiger partial charge in [-0.1, -0.05) is 20.8 Å². The second-order valence-electron chi connectivity index (χ2n) is 6.72. The molecule has 0 aromatic heterocycles. The molecule has 17 heavy (non-hydrogen) atoms. The zero-order valence-electron chi connectivity index (χ0n) is 11.7. The summed E-state index contributed by atoms with van der Waals surface area (Å²) in [4.78, 5) is 2.72. The van der Waals surface area contributed by atoms with Crippen LogP contribution in [0, 0.1) is 10.8 Å². The van der Waals surface area contributed by atoms with Crippen molar-refractivity contribution in [3.63, 3.8) is 0 Å². The lowest BCUT2D eigenvalue weighted by Gasteiger charge is -2.43. The molecule has 3 heteroatoms. The van der Waals surface area contributed by atoms with Gasteiger partial charge in [0.1, 0.15) is 0 Å². The average molecular weight is 261 g/mol. The summed E-state index contributed by atoms with van der Waals surface area (Å²) >= 11 is 0. The predicted octanol–water partition coefficient (Wildman–Crippen LogP) is 2.92. The number of nitrogens with one attached hydrogen (secondary N) is 1. The van der Waals surface area contributed by atoms with Gasteiger partial charge in [0.15, 0.2) is 0 Å². The molecule has 2 heterocycles. The van der Waals surface area contributed by atoms with Gasteiger partial charge in [-0.25, -0.2) is 0 Å². The van der Waals surface area contributed by atoms with Crippen LogP contribution in [-0.4, -0.2) is 37.6 Å². The van der Waals surface area contributed by atoms with Crippen LogP contribution in [0.25, 0.3) is 0 Å². The summed E-state index contributed by atoms with van der Waals surface area (Å²) in [5.41, 5.74) is 1.12. The van der Waals surface area contributed by atoms with Gasteiger partial charge in [-0.2, -0.15) is 0 Å². The van der Waals surface area contributed by atoms with Crippen LogP contribution in [0.4, 0.5) is 0 Å². The quantitative estimate of drug-likeness (QED) is 0.840. The molecule has 0 aromatic rings. The lowest BCUT2D eigenvalue weighted by Crippen LogP contribution is -2.46. The number of hydrogen-bond acceptors (Lipinski definition) is 2. The van der Waals surface area contributed by atoms with Gasteiger partial charge >= 0.3 is 0 Å². The SMILES string of the molecule is CCC1(C)CCCN(CC2(C)CCNC2)C1.Cl. The summed E-state index contributed by atoms with van der Waals surface area (Å²) in [7, 11) is 0. The summed E-state index contributed by atoms with van der Waals surface area (Å²) in [6.07, 6.45) is 5.51. The molecule has 0 aliphatic carbocycles. The van der Waals surface area contributed by atoms with Crippen molar-refractivity contribution in [3.05, 3.63) is 0 Å². The van der Waals surface area contributed by atoms with Crippen molar-refractivity contribution in [1.29, 1.82) is 0 Å². The lowest BCUT2D eigenvalue weighted by atomic mass is 9.78. The maximum absolute atomic E-state index is 3.51. The van der Waals surface area contributed by atoms with Gasteiger partial charge in [0, 0.05) is 19.6 Å². The molecular formula is C14H29ClN2. The number of nitrogens with zero attached hydrogens (tertiary/aromatic N) is 1. The highest BCUT2D eigenvalue weighted by atomic mass is 35.5. The summed E-state index contributed by atoms with van der Waals surface area (Å²) in [6.45, 7) is 13.6. The van der Waals surface area contributed by atoms with Crippen LogP contribution in [0.5, 0.6) is 0 Å². The van der Waals surface area contributed by atoms with Crippen LogP contribution in [0.2, 0.25) is 0 Å². The van der Waals surface area contributed by atoms with Gasteiger partial charge in [0.2, 0.25) is 0 Å². The molecule has 0 aromatic carbocycles. The summed E-state index contributed by atoms with van der Waals surface area (Å²) < 4.78 is 0. The monoisotopic (exact) mass is 260 g/mol. The second-order valence-corrected chi connectivity index (χ2v) is 6.72. The van der Waals surface area contributed by atoms with Crippen molar-refractivity contribution < 1.29 is 0 Å². The van der Waals surface area contributed by atoms with E-state index in [1.54, 1.807) is 0 Å². The molecule has 2 fully saturated rings. The van der Waals surface area contributed by atoms with Crippen LogP contribution < -0.4 is 5.32 Å². The van der Waals surface area contributed by atoms with Gasteiger partial charge in [0.25, 0.3) is 0 Å². The van der Waals surface area contributed by atoms with Crippen LogP contribution >= 0.6 is 12.4 Å². The third-order valence-corrected chi connectivity index (χ3v) is 4.78. The Balaban J connectivity index is 0.00000144. The van der Waals surface area contributed by atoms with Crippen molar-refractivity contribution in [2.24, 2.45) is 10.8 Å². The van der Waals surface area contributed by atoms with E-state index in [4.69, 9.17) is 0 Å². The molecule has 102 valence electrons. The van der Waals surface area contributed by atoms with E-state index in [2.05, 4.69) is 31.0 Å². The van der Waals surface area contributed by atoms with E-state index in [9.17, 15) is 0 Å². The molecule has 2 atom stereocenters. The molecule has 1 N–H and O–H groups in total. The molecule has 0 radical (unpaired) electrons. The Bertz CT molecular complexity index is 238. The van der Waals surface area contributed by atoms with Gasteiger partial charge in [0.05, 0.1) is 0 Å². The van der Waals surface area contributed by atoms with Crippen LogP contribution in [-0.2, 0) is 0 Å². The first-order valence-electron chi connectivity index (χ1n) is 6.98. The first-order valence-corrected chi connectivity index (χ1v) is 6.98. The minimum absolute atomic E-state index is 0. The summed E-state index contributed by atoms with van der Waals surface area (Å²) in [5, 5.41) is 3.51. The van der Waals surface area contributed by atoms with Crippen molar-refractivity contribution in [2.45, 2.75) is 46.5 Å². The van der Waals surface area contributed by atoms with Crippen molar-refractivity contribution >= 4 is 12.4 Å². The van der Waals surface area contributed by atoms with E-state index < -0.39 is 0 Å². The highest BCUT2D eigenvalue weighted by Crippen LogP contribution is 2.35. The maximum atomic E-state index is 3.51. The van der Waals surface area contributed by atoms with Crippen LogP contribution in [0.3, 0.4) is 0 Å². The third kappa shape index (κ3) is 3.84. The fourth-order valence-electron chi connectivity index (χ4n) is 3.39. The number of hydrogen-bond donors (Lipinski definition) is 1. The van der Waals surface area contributed by atoms with E-state index in [-0.39, 0.29) is 12.4 Å². The van der Waals surface area contributed by atoms with E-state index in [0.29, 0.717) is 10.8 Å². The van der Waals surface area contributed by atoms with Gasteiger partial charge in [-0.05, 0) is 49.6 Å². The number of piperidine rings is 1. The molecule has 0 bridgehead atoms. The Morgan fingerprint density at radius 2 is 1.94 bits per heavy atom. The van der Waals surface area contributed by atoms with E-state index in [0.717, 1.165) is 0 Å². The number of rotatable bonds is 3. The smallest absolute Gasteiger partial charge is 0.00482 e. The largest absolute Gasteiger partial charge is 0.316 e. The molecule has 0 amide bonds. The Hall–Kier alpha value is 0.210. The van der Waals surface area contributed by atoms with Crippen molar-refractivity contribution in [2.75, 3.05) is 32.7 Å². The first-order chi connectivity index (χ1) is 7.55. The molecule has 2 nitrogen and oxygen atoms in total. The Morgan fingerprint density at radius 3 is 2.53 bits per heavy atom. The fraction of sp³-hybridized carbons (Fsp3) is 1.00. The average Bonchev–Trinajstić information content (AvgIpc) is 2.65. The van der Waals surface area contributed by atoms with Gasteiger partial charge in [-0.3, -0.25) is 0 Å². The first kappa shape index (κ1) is 15.3. The van der Waals surface area contributed by atoms with Crippen molar-refractivity contribution in [1.82, 2.24) is 10.2 Å². The number of likely N-dealkylation sites (tertiary alicyclic amines) is 1. The van der Waals surface area contributed by atoms with E-state index in [1.807, 2.05) is 0 Å². The zero-order valence-corrected chi connectivity index (χ0v) is 12.5. The summed E-state index contributed by atoms with van der Waals surface area (Å²) in [6, 6.07) is 0. The van der Waals surface area contributed by atoms with E-state index >= 15 is 0 Å². The number of halogens is 1. The summed E-state index contributed by atoms with van der Waals surface area (Å²) in [5.74, 6) is 0. The molecule has 2 saturated heterocycles. The lowest BCUT2D eigenvalue weighted by molar-refractivity contribution is 0.0680. The Morgan fingerprint density at radius 1 is 1.18 bits per heavy atom. The molecule has 2 aliphatic rings. The Labute approximate surface area is 113 Å². The van der Waals surface area contributed by atoms with Crippen LogP contribution in [0.15, 0.2) is 0 Å². The molecule has 2 aliphatic heterocycles. The fourth-order valence-corrected chi connectivity index (χ4v) is 3.39. The van der Waals surface area contributed by atoms with Gasteiger partial charge < -0.3 is 10.2 Å². The zero-order chi connectivity index (χ0) is 11.6. The van der Waals surface area contributed by atoms with Gasteiger partial charge in [-0.15, -0.1) is 12.4 Å². The molecule has 0 spiro atoms. The molecule has 0 saturated carbocycles. The predicted molar refractivity (Wildman–Crippen MR) is 76.9 cm³/mol.